The van der Waals surface area contributed by atoms with Crippen LogP contribution in [0.1, 0.15) is 0 Å². The Balaban J connectivity index is 1.99. The van der Waals surface area contributed by atoms with Gasteiger partial charge in [0.05, 0.1) is 17.4 Å². The van der Waals surface area contributed by atoms with Gasteiger partial charge in [0.15, 0.2) is 0 Å². The first kappa shape index (κ1) is 10.4. The first-order valence-corrected chi connectivity index (χ1v) is 5.92. The molecule has 0 saturated carbocycles. The third-order valence-corrected chi connectivity index (χ3v) is 3.06. The van der Waals surface area contributed by atoms with Crippen molar-refractivity contribution in [2.75, 3.05) is 0 Å². The molecule has 0 atom stereocenters. The van der Waals surface area contributed by atoms with Crippen LogP contribution in [0.4, 0.5) is 0 Å². The topological polar surface area (TPSA) is 53.9 Å². The van der Waals surface area contributed by atoms with Crippen molar-refractivity contribution in [3.63, 3.8) is 0 Å². The highest BCUT2D eigenvalue weighted by Crippen LogP contribution is 2.11. The molecule has 1 aromatic carbocycles. The summed E-state index contributed by atoms with van der Waals surface area (Å²) >= 11 is 3.45. The van der Waals surface area contributed by atoms with E-state index >= 15 is 0 Å². The van der Waals surface area contributed by atoms with Crippen molar-refractivity contribution in [1.82, 2.24) is 24.9 Å². The number of benzene rings is 1. The maximum atomic E-state index is 4.35. The molecule has 9 heteroatoms. The number of hydrogen-bond acceptors (Lipinski definition) is 4. The summed E-state index contributed by atoms with van der Waals surface area (Å²) in [7, 11) is 1.81. The van der Waals surface area contributed by atoms with Crippen LogP contribution in [0.2, 0.25) is 0 Å². The standard InChI is InChI=1S/C7H8B3BrN5/c11-9-13-8-14-10(15-9)16-5-12-6-3-1-2-4-7(6)16/h1-5,13-15H. The molecule has 1 aromatic heterocycles. The second-order valence-corrected chi connectivity index (χ2v) is 4.47. The van der Waals surface area contributed by atoms with Crippen molar-refractivity contribution < 1.29 is 0 Å². The van der Waals surface area contributed by atoms with E-state index in [1.54, 1.807) is 0 Å². The van der Waals surface area contributed by atoms with Gasteiger partial charge in [-0.15, -0.1) is 15.8 Å². The number of aromatic nitrogens is 2. The van der Waals surface area contributed by atoms with E-state index in [4.69, 9.17) is 0 Å². The average Bonchev–Trinajstić information content (AvgIpc) is 2.72. The van der Waals surface area contributed by atoms with E-state index in [2.05, 4.69) is 46.7 Å². The summed E-state index contributed by atoms with van der Waals surface area (Å²) in [6.45, 7) is 0. The molecule has 77 valence electrons. The van der Waals surface area contributed by atoms with Gasteiger partial charge in [0.25, 0.3) is 7.55 Å². The van der Waals surface area contributed by atoms with Crippen LogP contribution in [-0.2, 0) is 0 Å². The van der Waals surface area contributed by atoms with Crippen molar-refractivity contribution in [3.8, 4) is 0 Å². The Morgan fingerprint density at radius 2 is 2.19 bits per heavy atom. The van der Waals surface area contributed by atoms with Crippen LogP contribution in [0.5, 0.6) is 0 Å². The van der Waals surface area contributed by atoms with Gasteiger partial charge in [0, 0.05) is 0 Å². The molecule has 1 aliphatic rings. The van der Waals surface area contributed by atoms with Crippen LogP contribution < -0.4 is 15.4 Å². The van der Waals surface area contributed by atoms with Gasteiger partial charge >= 0.3 is 12.9 Å². The highest BCUT2D eigenvalue weighted by atomic mass is 79.9. The molecule has 0 unspecified atom stereocenters. The Kier molecular flexibility index (Phi) is 2.76. The van der Waals surface area contributed by atoms with E-state index in [0.717, 1.165) is 11.0 Å². The van der Waals surface area contributed by atoms with Crippen LogP contribution in [0.25, 0.3) is 11.0 Å². The largest absolute Gasteiger partial charge is 0.416 e. The van der Waals surface area contributed by atoms with Crippen molar-refractivity contribution in [2.45, 2.75) is 0 Å². The number of fused-ring (bicyclic) bond motifs is 1. The van der Waals surface area contributed by atoms with Gasteiger partial charge in [0.1, 0.15) is 0 Å². The van der Waals surface area contributed by atoms with E-state index in [1.165, 1.54) is 0 Å². The smallest absolute Gasteiger partial charge is 0.365 e. The number of para-hydroxylation sites is 2. The summed E-state index contributed by atoms with van der Waals surface area (Å²) < 4.78 is 2.06. The molecule has 1 aliphatic heterocycles. The second kappa shape index (κ2) is 4.25. The average molecular weight is 275 g/mol. The summed E-state index contributed by atoms with van der Waals surface area (Å²) in [5, 5.41) is 9.54. The van der Waals surface area contributed by atoms with Crippen LogP contribution in [0.3, 0.4) is 0 Å². The lowest BCUT2D eigenvalue weighted by Crippen LogP contribution is -2.70. The molecule has 5 nitrogen and oxygen atoms in total. The van der Waals surface area contributed by atoms with E-state index in [-0.39, 0.29) is 12.9 Å². The highest BCUT2D eigenvalue weighted by Gasteiger charge is 2.28. The van der Waals surface area contributed by atoms with Crippen LogP contribution in [0, 0.1) is 0 Å². The predicted octanol–water partition coefficient (Wildman–Crippen LogP) is -0.434. The zero-order valence-corrected chi connectivity index (χ0v) is 9.98. The van der Waals surface area contributed by atoms with E-state index < -0.39 is 0 Å². The van der Waals surface area contributed by atoms with Crippen molar-refractivity contribution >= 4 is 47.3 Å². The molecule has 1 radical (unpaired) electrons. The number of imidazole rings is 1. The Morgan fingerprint density at radius 3 is 3.06 bits per heavy atom. The fourth-order valence-electron chi connectivity index (χ4n) is 1.78. The van der Waals surface area contributed by atoms with Crippen LogP contribution >= 0.6 is 15.8 Å². The van der Waals surface area contributed by atoms with Gasteiger partial charge in [-0.3, -0.25) is 0 Å². The number of nitrogens with one attached hydrogen (secondary N) is 3. The van der Waals surface area contributed by atoms with Crippen molar-refractivity contribution in [1.29, 1.82) is 0 Å². The van der Waals surface area contributed by atoms with E-state index in [1.807, 2.05) is 32.1 Å². The van der Waals surface area contributed by atoms with Crippen molar-refractivity contribution in [3.05, 3.63) is 30.6 Å². The Hall–Kier alpha value is -0.755. The maximum Gasteiger partial charge on any atom is 0.416 e. The summed E-state index contributed by atoms with van der Waals surface area (Å²) in [6.07, 6.45) is 1.83. The number of halogens is 1. The van der Waals surface area contributed by atoms with Gasteiger partial charge in [-0.1, -0.05) is 12.1 Å². The zero-order chi connectivity index (χ0) is 11.0. The minimum Gasteiger partial charge on any atom is -0.365 e. The molecule has 2 aromatic rings. The van der Waals surface area contributed by atoms with Gasteiger partial charge in [-0.25, -0.2) is 4.98 Å². The Morgan fingerprint density at radius 1 is 1.31 bits per heavy atom. The molecule has 0 aliphatic carbocycles. The first-order valence-electron chi connectivity index (χ1n) is 5.00. The molecular weight excluding hydrogens is 266 g/mol. The minimum atomic E-state index is -0.00183. The third-order valence-electron chi connectivity index (χ3n) is 2.53. The molecule has 0 bridgehead atoms. The number of nitrogens with zero attached hydrogens (tertiary/aromatic N) is 2. The van der Waals surface area contributed by atoms with E-state index in [9.17, 15) is 0 Å². The molecule has 1 fully saturated rings. The van der Waals surface area contributed by atoms with Gasteiger partial charge < -0.3 is 19.9 Å². The van der Waals surface area contributed by atoms with Gasteiger partial charge in [-0.2, -0.15) is 0 Å². The molecule has 0 amide bonds. The Labute approximate surface area is 103 Å². The van der Waals surface area contributed by atoms with Gasteiger partial charge in [-0.05, 0) is 12.1 Å². The summed E-state index contributed by atoms with van der Waals surface area (Å²) in [5.41, 5.74) is 2.10. The van der Waals surface area contributed by atoms with Crippen LogP contribution in [-0.4, -0.2) is 29.9 Å². The third kappa shape index (κ3) is 1.80. The molecule has 3 N–H and O–H groups in total. The second-order valence-electron chi connectivity index (χ2n) is 3.55. The summed E-state index contributed by atoms with van der Waals surface area (Å²) in [5.74, 6) is 0.0555. The number of hydrogen-bond donors (Lipinski definition) is 3. The molecule has 2 heterocycles. The summed E-state index contributed by atoms with van der Waals surface area (Å²) in [4.78, 5) is 4.35. The molecule has 0 spiro atoms. The highest BCUT2D eigenvalue weighted by molar-refractivity contribution is 9.24. The lowest BCUT2D eigenvalue weighted by Gasteiger charge is -2.24. The molecule has 3 rings (SSSR count). The SMILES string of the molecule is BrB1N[B]NB(n2cnc3ccccc32)N1. The summed E-state index contributed by atoms with van der Waals surface area (Å²) in [6, 6.07) is 8.05. The van der Waals surface area contributed by atoms with Gasteiger partial charge in [0.2, 0.25) is 0 Å². The van der Waals surface area contributed by atoms with Crippen LogP contribution in [0.15, 0.2) is 30.6 Å². The number of rotatable bonds is 1. The quantitative estimate of drug-likeness (QED) is 0.618. The lowest BCUT2D eigenvalue weighted by molar-refractivity contribution is 1.08. The lowest BCUT2D eigenvalue weighted by atomic mass is 9.75. The minimum absolute atomic E-state index is 0.00183. The van der Waals surface area contributed by atoms with Crippen molar-refractivity contribution in [2.24, 2.45) is 0 Å². The zero-order valence-electron chi connectivity index (χ0n) is 8.39. The maximum absolute atomic E-state index is 4.35. The van der Waals surface area contributed by atoms with E-state index in [0.29, 0.717) is 0 Å². The molecular formula is C7H8B3BrN5. The molecule has 16 heavy (non-hydrogen) atoms. The fraction of sp³-hybridized carbons (Fsp3) is 0. The fourth-order valence-corrected chi connectivity index (χ4v) is 2.16. The first-order chi connectivity index (χ1) is 7.84. The normalized spacial score (nSPS) is 16.6. The molecule has 1 saturated heterocycles. The monoisotopic (exact) mass is 274 g/mol. The Bertz CT molecular complexity index is 505. The predicted molar refractivity (Wildman–Crippen MR) is 70.7 cm³/mol.